The molecule has 1 aliphatic heterocycles. The fraction of sp³-hybridized carbons (Fsp3) is 0.304. The molecule has 0 aliphatic carbocycles. The van der Waals surface area contributed by atoms with Gasteiger partial charge >= 0.3 is 0 Å². The number of carbonyl (C=O) groups excluding carboxylic acids is 2. The van der Waals surface area contributed by atoms with Crippen LogP contribution in [0.15, 0.2) is 54.7 Å². The van der Waals surface area contributed by atoms with Gasteiger partial charge in [-0.3, -0.25) is 14.5 Å². The molecule has 1 saturated heterocycles. The first-order valence-corrected chi connectivity index (χ1v) is 10.5. The van der Waals surface area contributed by atoms with Gasteiger partial charge in [0.05, 0.1) is 17.9 Å². The molecule has 2 N–H and O–H groups in total. The number of anilines is 2. The Kier molecular flexibility index (Phi) is 6.55. The molecule has 3 heterocycles. The summed E-state index contributed by atoms with van der Waals surface area (Å²) in [5.74, 6) is 0.450. The maximum atomic E-state index is 13.2. The molecule has 166 valence electrons. The van der Waals surface area contributed by atoms with E-state index in [0.717, 1.165) is 5.69 Å². The van der Waals surface area contributed by atoms with E-state index < -0.39 is 0 Å². The number of nitrogens with zero attached hydrogens (tertiary/aromatic N) is 4. The number of piperidine rings is 1. The van der Waals surface area contributed by atoms with Crippen LogP contribution in [0.5, 0.6) is 0 Å². The summed E-state index contributed by atoms with van der Waals surface area (Å²) < 4.78 is 14.8. The fourth-order valence-corrected chi connectivity index (χ4v) is 3.77. The van der Waals surface area contributed by atoms with E-state index in [0.29, 0.717) is 43.3 Å². The van der Waals surface area contributed by atoms with Gasteiger partial charge in [0.25, 0.3) is 0 Å². The molecule has 0 unspecified atom stereocenters. The molecule has 32 heavy (non-hydrogen) atoms. The van der Waals surface area contributed by atoms with Gasteiger partial charge in [-0.2, -0.15) is 5.10 Å². The van der Waals surface area contributed by atoms with Crippen LogP contribution in [0, 0.1) is 18.7 Å². The molecule has 1 aliphatic rings. The van der Waals surface area contributed by atoms with E-state index in [1.54, 1.807) is 41.2 Å². The third-order valence-corrected chi connectivity index (χ3v) is 5.41. The molecule has 0 atom stereocenters. The van der Waals surface area contributed by atoms with Crippen LogP contribution in [0.4, 0.5) is 16.0 Å². The van der Waals surface area contributed by atoms with Crippen molar-refractivity contribution in [1.29, 1.82) is 0 Å². The van der Waals surface area contributed by atoms with Gasteiger partial charge in [0.1, 0.15) is 17.5 Å². The highest BCUT2D eigenvalue weighted by Gasteiger charge is 2.26. The number of pyridine rings is 1. The number of nitrogens with one attached hydrogen (secondary N) is 2. The van der Waals surface area contributed by atoms with Crippen LogP contribution < -0.4 is 10.6 Å². The molecule has 1 fully saturated rings. The van der Waals surface area contributed by atoms with Crippen LogP contribution in [0.2, 0.25) is 0 Å². The molecule has 2 amide bonds. The highest BCUT2D eigenvalue weighted by molar-refractivity contribution is 5.92. The van der Waals surface area contributed by atoms with Gasteiger partial charge in [0.15, 0.2) is 0 Å². The van der Waals surface area contributed by atoms with E-state index in [4.69, 9.17) is 0 Å². The lowest BCUT2D eigenvalue weighted by Gasteiger charge is -2.30. The Bertz CT molecular complexity index is 1080. The van der Waals surface area contributed by atoms with Gasteiger partial charge in [0.2, 0.25) is 11.8 Å². The van der Waals surface area contributed by atoms with Crippen LogP contribution in [0.3, 0.4) is 0 Å². The zero-order valence-electron chi connectivity index (χ0n) is 17.8. The van der Waals surface area contributed by atoms with Crippen molar-refractivity contribution in [2.45, 2.75) is 19.8 Å². The molecule has 0 saturated carbocycles. The molecular weight excluding hydrogens is 411 g/mol. The van der Waals surface area contributed by atoms with Gasteiger partial charge in [-0.15, -0.1) is 0 Å². The largest absolute Gasteiger partial charge is 0.310 e. The number of aromatic nitrogens is 3. The second kappa shape index (κ2) is 9.69. The normalized spacial score (nSPS) is 14.8. The number of benzene rings is 1. The van der Waals surface area contributed by atoms with Crippen LogP contribution in [0.1, 0.15) is 18.5 Å². The fourth-order valence-electron chi connectivity index (χ4n) is 3.77. The van der Waals surface area contributed by atoms with Gasteiger partial charge in [0, 0.05) is 18.2 Å². The Hall–Kier alpha value is -3.59. The number of amides is 2. The third kappa shape index (κ3) is 5.36. The first kappa shape index (κ1) is 21.6. The summed E-state index contributed by atoms with van der Waals surface area (Å²) >= 11 is 0. The van der Waals surface area contributed by atoms with E-state index in [9.17, 15) is 14.0 Å². The smallest absolute Gasteiger partial charge is 0.239 e. The van der Waals surface area contributed by atoms with Crippen LogP contribution in [-0.4, -0.2) is 51.1 Å². The zero-order valence-corrected chi connectivity index (χ0v) is 17.8. The predicted molar refractivity (Wildman–Crippen MR) is 119 cm³/mol. The van der Waals surface area contributed by atoms with Crippen LogP contribution >= 0.6 is 0 Å². The van der Waals surface area contributed by atoms with Crippen molar-refractivity contribution in [3.63, 3.8) is 0 Å². The molecule has 0 spiro atoms. The molecule has 0 bridgehead atoms. The topological polar surface area (TPSA) is 92.2 Å². The summed E-state index contributed by atoms with van der Waals surface area (Å²) in [7, 11) is 0. The molecule has 1 aromatic carbocycles. The summed E-state index contributed by atoms with van der Waals surface area (Å²) in [5, 5.41) is 10.1. The minimum Gasteiger partial charge on any atom is -0.310 e. The summed E-state index contributed by atoms with van der Waals surface area (Å²) in [6, 6.07) is 13.1. The maximum Gasteiger partial charge on any atom is 0.239 e. The number of likely N-dealkylation sites (tertiary alicyclic amines) is 1. The molecular formula is C23H25FN6O2. The summed E-state index contributed by atoms with van der Waals surface area (Å²) in [6.45, 7) is 3.37. The molecule has 2 aromatic heterocycles. The van der Waals surface area contributed by atoms with Crippen LogP contribution in [0.25, 0.3) is 5.69 Å². The van der Waals surface area contributed by atoms with Gasteiger partial charge in [-0.05, 0) is 69.3 Å². The van der Waals surface area contributed by atoms with Crippen LogP contribution in [-0.2, 0) is 9.59 Å². The van der Waals surface area contributed by atoms with E-state index in [2.05, 4.69) is 20.7 Å². The standard InChI is InChI=1S/C23H25FN6O2/c1-16-14-21(30(28-16)19-7-5-18(24)6-8-19)27-22(31)15-29-12-9-17(10-13-29)23(32)26-20-4-2-3-11-25-20/h2-8,11,14,17H,9-10,12-13,15H2,1H3,(H,27,31)(H,25,26,32). The third-order valence-electron chi connectivity index (χ3n) is 5.41. The minimum absolute atomic E-state index is 0.0357. The summed E-state index contributed by atoms with van der Waals surface area (Å²) in [5.41, 5.74) is 1.40. The quantitative estimate of drug-likeness (QED) is 0.620. The lowest BCUT2D eigenvalue weighted by molar-refractivity contribution is -0.121. The van der Waals surface area contributed by atoms with Crippen molar-refractivity contribution in [2.24, 2.45) is 5.92 Å². The van der Waals surface area contributed by atoms with Crippen molar-refractivity contribution in [2.75, 3.05) is 30.3 Å². The lowest BCUT2D eigenvalue weighted by Crippen LogP contribution is -2.42. The summed E-state index contributed by atoms with van der Waals surface area (Å²) in [6.07, 6.45) is 3.00. The van der Waals surface area contributed by atoms with Crippen molar-refractivity contribution >= 4 is 23.5 Å². The lowest BCUT2D eigenvalue weighted by atomic mass is 9.96. The van der Waals surface area contributed by atoms with Crippen molar-refractivity contribution in [3.05, 3.63) is 66.2 Å². The Morgan fingerprint density at radius 3 is 2.53 bits per heavy atom. The van der Waals surface area contributed by atoms with E-state index in [1.807, 2.05) is 17.9 Å². The Labute approximate surface area is 185 Å². The number of halogens is 1. The van der Waals surface area contributed by atoms with Gasteiger partial charge in [-0.25, -0.2) is 14.1 Å². The average molecular weight is 436 g/mol. The zero-order chi connectivity index (χ0) is 22.5. The first-order valence-electron chi connectivity index (χ1n) is 10.5. The molecule has 9 heteroatoms. The predicted octanol–water partition coefficient (Wildman–Crippen LogP) is 3.00. The number of hydrogen-bond donors (Lipinski definition) is 2. The number of rotatable bonds is 6. The maximum absolute atomic E-state index is 13.2. The highest BCUT2D eigenvalue weighted by Crippen LogP contribution is 2.20. The van der Waals surface area contributed by atoms with E-state index >= 15 is 0 Å². The Morgan fingerprint density at radius 2 is 1.84 bits per heavy atom. The molecule has 4 rings (SSSR count). The average Bonchev–Trinajstić information content (AvgIpc) is 3.15. The second-order valence-corrected chi connectivity index (χ2v) is 7.86. The van der Waals surface area contributed by atoms with Gasteiger partial charge in [-0.1, -0.05) is 6.07 Å². The van der Waals surface area contributed by atoms with Crippen molar-refractivity contribution in [3.8, 4) is 5.69 Å². The number of hydrogen-bond acceptors (Lipinski definition) is 5. The van der Waals surface area contributed by atoms with E-state index in [-0.39, 0.29) is 30.1 Å². The monoisotopic (exact) mass is 436 g/mol. The van der Waals surface area contributed by atoms with Crippen molar-refractivity contribution < 1.29 is 14.0 Å². The highest BCUT2D eigenvalue weighted by atomic mass is 19.1. The summed E-state index contributed by atoms with van der Waals surface area (Å²) in [4.78, 5) is 31.2. The molecule has 0 radical (unpaired) electrons. The molecule has 8 nitrogen and oxygen atoms in total. The Morgan fingerprint density at radius 1 is 1.09 bits per heavy atom. The second-order valence-electron chi connectivity index (χ2n) is 7.86. The Balaban J connectivity index is 1.29. The number of carbonyl (C=O) groups is 2. The minimum atomic E-state index is -0.333. The first-order chi connectivity index (χ1) is 15.5. The van der Waals surface area contributed by atoms with E-state index in [1.165, 1.54) is 12.1 Å². The number of aryl methyl sites for hydroxylation is 1. The molecule has 3 aromatic rings. The van der Waals surface area contributed by atoms with Crippen molar-refractivity contribution in [1.82, 2.24) is 19.7 Å². The SMILES string of the molecule is Cc1cc(NC(=O)CN2CCC(C(=O)Nc3ccccn3)CC2)n(-c2ccc(F)cc2)n1. The van der Waals surface area contributed by atoms with Gasteiger partial charge < -0.3 is 10.6 Å².